The highest BCUT2D eigenvalue weighted by Gasteiger charge is 2.34. The first kappa shape index (κ1) is 26.3. The number of nitrogens with zero attached hydrogens (tertiary/aromatic N) is 2. The minimum absolute atomic E-state index is 0.189. The molecule has 0 spiro atoms. The highest BCUT2D eigenvalue weighted by Crippen LogP contribution is 2.45. The third kappa shape index (κ3) is 5.39. The lowest BCUT2D eigenvalue weighted by molar-refractivity contribution is -0.144. The highest BCUT2D eigenvalue weighted by molar-refractivity contribution is 5.99. The maximum absolute atomic E-state index is 14.0. The number of hydrogen-bond acceptors (Lipinski definition) is 6. The second-order valence-electron chi connectivity index (χ2n) is 10.5. The maximum atomic E-state index is 14.0. The lowest BCUT2D eigenvalue weighted by Crippen LogP contribution is -2.27. The molecule has 0 unspecified atom stereocenters. The molecule has 206 valence electrons. The van der Waals surface area contributed by atoms with Crippen molar-refractivity contribution in [2.45, 2.75) is 31.8 Å². The Labute approximate surface area is 233 Å². The van der Waals surface area contributed by atoms with Crippen LogP contribution in [-0.2, 0) is 20.9 Å². The molecule has 3 aromatic carbocycles. The molecule has 0 radical (unpaired) electrons. The third-order valence-corrected chi connectivity index (χ3v) is 8.01. The van der Waals surface area contributed by atoms with Gasteiger partial charge in [0.2, 0.25) is 0 Å². The van der Waals surface area contributed by atoms with Crippen LogP contribution in [0.15, 0.2) is 72.8 Å². The summed E-state index contributed by atoms with van der Waals surface area (Å²) in [4.78, 5) is 19.9. The smallest absolute Gasteiger partial charge is 0.310 e. The van der Waals surface area contributed by atoms with Crippen molar-refractivity contribution in [3.63, 3.8) is 0 Å². The van der Waals surface area contributed by atoms with Crippen LogP contribution < -0.4 is 9.64 Å². The summed E-state index contributed by atoms with van der Waals surface area (Å²) in [6.07, 6.45) is 2.47. The molecule has 40 heavy (non-hydrogen) atoms. The zero-order valence-corrected chi connectivity index (χ0v) is 22.6. The van der Waals surface area contributed by atoms with E-state index >= 15 is 0 Å². The first-order chi connectivity index (χ1) is 19.6. The van der Waals surface area contributed by atoms with Crippen LogP contribution in [0.4, 0.5) is 10.2 Å². The van der Waals surface area contributed by atoms with Crippen molar-refractivity contribution < 1.29 is 23.4 Å². The van der Waals surface area contributed by atoms with Gasteiger partial charge < -0.3 is 19.1 Å². The summed E-state index contributed by atoms with van der Waals surface area (Å²) < 4.78 is 31.0. The first-order valence-electron chi connectivity index (χ1n) is 13.9. The predicted octanol–water partition coefficient (Wildman–Crippen LogP) is 6.51. The summed E-state index contributed by atoms with van der Waals surface area (Å²) in [6, 6.07) is 22.8. The number of hydrogen-bond donors (Lipinski definition) is 0. The van der Waals surface area contributed by atoms with Gasteiger partial charge in [0.05, 0.1) is 18.5 Å². The van der Waals surface area contributed by atoms with Gasteiger partial charge in [-0.1, -0.05) is 42.5 Å². The molecule has 0 saturated carbocycles. The quantitative estimate of drug-likeness (QED) is 0.249. The minimum atomic E-state index is -0.271. The van der Waals surface area contributed by atoms with Gasteiger partial charge in [-0.15, -0.1) is 0 Å². The lowest BCUT2D eigenvalue weighted by Gasteiger charge is -2.31. The number of carbonyl (C=O) groups excluding carboxylic acids is 1. The molecule has 2 fully saturated rings. The van der Waals surface area contributed by atoms with E-state index in [0.29, 0.717) is 39.3 Å². The van der Waals surface area contributed by atoms with Gasteiger partial charge >= 0.3 is 5.97 Å². The number of benzene rings is 3. The van der Waals surface area contributed by atoms with Gasteiger partial charge in [-0.05, 0) is 66.1 Å². The standard InChI is InChI=1S/C33H33FN2O4/c1-38-33(37)25-13-16-36(20-25)32-31(24-14-17-39-18-15-24)30(23-7-9-26(34)10-8-23)28-12-11-27(19-29(28)35-32)40-21-22-5-3-2-4-6-22/h2-12,19,24-25H,13-18,20-21H2,1H3/t25-/m1/s1. The zero-order chi connectivity index (χ0) is 27.5. The number of carbonyl (C=O) groups is 1. The van der Waals surface area contributed by atoms with E-state index in [2.05, 4.69) is 11.0 Å². The van der Waals surface area contributed by atoms with Crippen LogP contribution in [0.2, 0.25) is 0 Å². The van der Waals surface area contributed by atoms with Gasteiger partial charge in [-0.25, -0.2) is 9.37 Å². The molecule has 3 heterocycles. The summed E-state index contributed by atoms with van der Waals surface area (Å²) in [5.74, 6) is 1.18. The van der Waals surface area contributed by atoms with Gasteiger partial charge in [-0.2, -0.15) is 0 Å². The average Bonchev–Trinajstić information content (AvgIpc) is 3.50. The number of anilines is 1. The number of aromatic nitrogens is 1. The molecule has 7 heteroatoms. The number of fused-ring (bicyclic) bond motifs is 1. The van der Waals surface area contributed by atoms with Crippen LogP contribution in [0.1, 0.15) is 36.3 Å². The predicted molar refractivity (Wildman–Crippen MR) is 153 cm³/mol. The Morgan fingerprint density at radius 1 is 1.02 bits per heavy atom. The van der Waals surface area contributed by atoms with Crippen molar-refractivity contribution in [2.75, 3.05) is 38.3 Å². The first-order valence-corrected chi connectivity index (χ1v) is 13.9. The number of esters is 1. The van der Waals surface area contributed by atoms with Crippen molar-refractivity contribution in [1.82, 2.24) is 4.98 Å². The van der Waals surface area contributed by atoms with E-state index in [9.17, 15) is 9.18 Å². The number of ether oxygens (including phenoxy) is 3. The van der Waals surface area contributed by atoms with Crippen LogP contribution in [0.25, 0.3) is 22.0 Å². The second-order valence-corrected chi connectivity index (χ2v) is 10.5. The molecule has 2 saturated heterocycles. The largest absolute Gasteiger partial charge is 0.489 e. The fourth-order valence-corrected chi connectivity index (χ4v) is 5.93. The van der Waals surface area contributed by atoms with Gasteiger partial charge in [0.25, 0.3) is 0 Å². The summed E-state index contributed by atoms with van der Waals surface area (Å²) in [6.45, 7) is 3.08. The molecule has 4 aromatic rings. The minimum Gasteiger partial charge on any atom is -0.489 e. The molecule has 0 aliphatic carbocycles. The molecule has 1 atom stereocenters. The van der Waals surface area contributed by atoms with E-state index in [1.807, 2.05) is 54.6 Å². The number of pyridine rings is 1. The second kappa shape index (κ2) is 11.6. The van der Waals surface area contributed by atoms with E-state index in [4.69, 9.17) is 19.2 Å². The van der Waals surface area contributed by atoms with E-state index < -0.39 is 0 Å². The molecule has 6 nitrogen and oxygen atoms in total. The van der Waals surface area contributed by atoms with Crippen LogP contribution in [0.3, 0.4) is 0 Å². The molecular weight excluding hydrogens is 507 g/mol. The summed E-state index contributed by atoms with van der Waals surface area (Å²) in [7, 11) is 1.44. The van der Waals surface area contributed by atoms with E-state index in [1.54, 1.807) is 0 Å². The van der Waals surface area contributed by atoms with Crippen LogP contribution >= 0.6 is 0 Å². The Morgan fingerprint density at radius 3 is 2.55 bits per heavy atom. The molecular formula is C33H33FN2O4. The van der Waals surface area contributed by atoms with Gasteiger partial charge in [-0.3, -0.25) is 4.79 Å². The summed E-state index contributed by atoms with van der Waals surface area (Å²) >= 11 is 0. The number of rotatable bonds is 7. The molecule has 0 amide bonds. The summed E-state index contributed by atoms with van der Waals surface area (Å²) in [5.41, 5.74) is 5.04. The fraction of sp³-hybridized carbons (Fsp3) is 0.333. The highest BCUT2D eigenvalue weighted by atomic mass is 19.1. The Bertz CT molecular complexity index is 1490. The normalized spacial score (nSPS) is 17.8. The van der Waals surface area contributed by atoms with E-state index in [-0.39, 0.29) is 23.6 Å². The third-order valence-electron chi connectivity index (χ3n) is 8.01. The SMILES string of the molecule is COC(=O)[C@@H]1CCN(c2nc3cc(OCc4ccccc4)ccc3c(-c3ccc(F)cc3)c2C2CCOCC2)C1. The zero-order valence-electron chi connectivity index (χ0n) is 22.6. The number of methoxy groups -OCH3 is 1. The van der Waals surface area contributed by atoms with E-state index in [1.165, 1.54) is 19.2 Å². The lowest BCUT2D eigenvalue weighted by atomic mass is 9.84. The van der Waals surface area contributed by atoms with Crippen molar-refractivity contribution in [3.8, 4) is 16.9 Å². The van der Waals surface area contributed by atoms with Crippen LogP contribution in [0.5, 0.6) is 5.75 Å². The van der Waals surface area contributed by atoms with Gasteiger partial charge in [0.1, 0.15) is 24.0 Å². The average molecular weight is 541 g/mol. The van der Waals surface area contributed by atoms with Gasteiger partial charge in [0.15, 0.2) is 0 Å². The molecule has 1 aromatic heterocycles. The van der Waals surface area contributed by atoms with Crippen LogP contribution in [0, 0.1) is 11.7 Å². The molecule has 2 aliphatic heterocycles. The van der Waals surface area contributed by atoms with Gasteiger partial charge in [0, 0.05) is 43.3 Å². The Balaban J connectivity index is 1.50. The van der Waals surface area contributed by atoms with E-state index in [0.717, 1.165) is 57.6 Å². The fourth-order valence-electron chi connectivity index (χ4n) is 5.93. The maximum Gasteiger partial charge on any atom is 0.310 e. The van der Waals surface area contributed by atoms with Crippen LogP contribution in [-0.4, -0.2) is 44.4 Å². The van der Waals surface area contributed by atoms with Crippen molar-refractivity contribution >= 4 is 22.7 Å². The number of halogens is 1. The topological polar surface area (TPSA) is 60.9 Å². The van der Waals surface area contributed by atoms with Crippen molar-refractivity contribution in [1.29, 1.82) is 0 Å². The molecule has 2 aliphatic rings. The molecule has 0 N–H and O–H groups in total. The molecule has 0 bridgehead atoms. The Hall–Kier alpha value is -3.97. The van der Waals surface area contributed by atoms with Crippen molar-refractivity contribution in [2.24, 2.45) is 5.92 Å². The van der Waals surface area contributed by atoms with Crippen molar-refractivity contribution in [3.05, 3.63) is 89.7 Å². The summed E-state index contributed by atoms with van der Waals surface area (Å²) in [5, 5.41) is 0.993. The molecule has 6 rings (SSSR count). The monoisotopic (exact) mass is 540 g/mol. The Morgan fingerprint density at radius 2 is 1.80 bits per heavy atom. The Kier molecular flexibility index (Phi) is 7.64.